The molecule has 2 aromatic heterocycles. The SMILES string of the molecule is CCCn1cnc2c1c(=O)n(CCCCC(C)(O)C#CCN1CCN(C)CC1)c(=O)n2CCC.O=C(O)C=CC(=O)O. The third-order valence-corrected chi connectivity index (χ3v) is 6.82. The molecule has 3 rings (SSSR count). The average molecular weight is 589 g/mol. The van der Waals surface area contributed by atoms with Gasteiger partial charge in [0.25, 0.3) is 5.56 Å². The number of fused-ring (bicyclic) bond motifs is 1. The minimum Gasteiger partial charge on any atom is -0.478 e. The van der Waals surface area contributed by atoms with Crippen molar-refractivity contribution in [3.8, 4) is 11.8 Å². The molecule has 1 saturated heterocycles. The Morgan fingerprint density at radius 1 is 0.976 bits per heavy atom. The molecule has 1 unspecified atom stereocenters. The Bertz CT molecular complexity index is 1390. The number of aromatic nitrogens is 4. The van der Waals surface area contributed by atoms with Crippen LogP contribution in [0.1, 0.15) is 52.9 Å². The summed E-state index contributed by atoms with van der Waals surface area (Å²) in [5.41, 5.74) is -0.697. The maximum absolute atomic E-state index is 13.2. The lowest BCUT2D eigenvalue weighted by molar-refractivity contribution is -0.134. The van der Waals surface area contributed by atoms with Gasteiger partial charge in [-0.25, -0.2) is 19.4 Å². The second-order valence-corrected chi connectivity index (χ2v) is 10.6. The summed E-state index contributed by atoms with van der Waals surface area (Å²) in [6, 6.07) is 0. The van der Waals surface area contributed by atoms with Crippen molar-refractivity contribution in [3.63, 3.8) is 0 Å². The van der Waals surface area contributed by atoms with Crippen LogP contribution in [0.4, 0.5) is 0 Å². The van der Waals surface area contributed by atoms with E-state index in [1.807, 2.05) is 18.4 Å². The van der Waals surface area contributed by atoms with Crippen LogP contribution in [0.3, 0.4) is 0 Å². The molecule has 0 spiro atoms. The van der Waals surface area contributed by atoms with E-state index in [1.165, 1.54) is 4.57 Å². The van der Waals surface area contributed by atoms with Crippen LogP contribution in [-0.2, 0) is 29.2 Å². The van der Waals surface area contributed by atoms with E-state index in [4.69, 9.17) is 10.2 Å². The predicted octanol–water partition coefficient (Wildman–Crippen LogP) is 1.06. The van der Waals surface area contributed by atoms with Crippen LogP contribution in [0.2, 0.25) is 0 Å². The highest BCUT2D eigenvalue weighted by Crippen LogP contribution is 2.13. The number of carboxylic acids is 2. The van der Waals surface area contributed by atoms with Gasteiger partial charge in [-0.1, -0.05) is 25.7 Å². The Morgan fingerprint density at radius 2 is 1.60 bits per heavy atom. The predicted molar refractivity (Wildman–Crippen MR) is 159 cm³/mol. The zero-order valence-corrected chi connectivity index (χ0v) is 25.1. The molecule has 1 atom stereocenters. The molecule has 0 aliphatic carbocycles. The number of likely N-dealkylation sites (N-methyl/N-ethyl adjacent to an activating group) is 1. The van der Waals surface area contributed by atoms with Gasteiger partial charge in [-0.05, 0) is 46.1 Å². The van der Waals surface area contributed by atoms with E-state index in [9.17, 15) is 24.3 Å². The molecule has 0 saturated carbocycles. The number of carboxylic acid groups (broad SMARTS) is 2. The van der Waals surface area contributed by atoms with Crippen LogP contribution in [0.5, 0.6) is 0 Å². The number of aryl methyl sites for hydroxylation is 2. The molecule has 232 valence electrons. The van der Waals surface area contributed by atoms with Gasteiger partial charge in [0, 0.05) is 58.0 Å². The highest BCUT2D eigenvalue weighted by Gasteiger charge is 2.19. The van der Waals surface area contributed by atoms with Gasteiger partial charge < -0.3 is 24.8 Å². The van der Waals surface area contributed by atoms with E-state index < -0.39 is 17.5 Å². The third kappa shape index (κ3) is 10.6. The number of hydrogen-bond donors (Lipinski definition) is 3. The molecule has 0 bridgehead atoms. The molecule has 1 aliphatic rings. The molecule has 2 aromatic rings. The molecule has 0 amide bonds. The lowest BCUT2D eigenvalue weighted by atomic mass is 9.99. The van der Waals surface area contributed by atoms with Crippen molar-refractivity contribution in [1.29, 1.82) is 0 Å². The summed E-state index contributed by atoms with van der Waals surface area (Å²) in [6.45, 7) is 12.1. The molecule has 0 radical (unpaired) electrons. The molecule has 1 fully saturated rings. The molecule has 42 heavy (non-hydrogen) atoms. The van der Waals surface area contributed by atoms with Crippen LogP contribution in [-0.4, -0.2) is 101 Å². The van der Waals surface area contributed by atoms with E-state index in [-0.39, 0.29) is 11.2 Å². The zero-order valence-electron chi connectivity index (χ0n) is 25.1. The van der Waals surface area contributed by atoms with E-state index >= 15 is 0 Å². The molecule has 3 heterocycles. The van der Waals surface area contributed by atoms with Crippen LogP contribution >= 0.6 is 0 Å². The number of carbonyl (C=O) groups is 2. The van der Waals surface area contributed by atoms with E-state index in [0.717, 1.165) is 39.0 Å². The summed E-state index contributed by atoms with van der Waals surface area (Å²) in [4.78, 5) is 54.3. The molecule has 1 aliphatic heterocycles. The van der Waals surface area contributed by atoms with Gasteiger partial charge in [-0.2, -0.15) is 0 Å². The summed E-state index contributed by atoms with van der Waals surface area (Å²) in [5.74, 6) is 3.63. The first-order valence-electron chi connectivity index (χ1n) is 14.4. The van der Waals surface area contributed by atoms with Crippen LogP contribution in [0.25, 0.3) is 11.2 Å². The number of hydrogen-bond acceptors (Lipinski definition) is 8. The van der Waals surface area contributed by atoms with Crippen molar-refractivity contribution in [3.05, 3.63) is 39.3 Å². The van der Waals surface area contributed by atoms with Gasteiger partial charge in [0.1, 0.15) is 5.60 Å². The topological polar surface area (TPSA) is 163 Å². The molecule has 0 aromatic carbocycles. The van der Waals surface area contributed by atoms with Crippen molar-refractivity contribution in [2.75, 3.05) is 39.8 Å². The summed E-state index contributed by atoms with van der Waals surface area (Å²) in [7, 11) is 2.12. The first-order valence-corrected chi connectivity index (χ1v) is 14.4. The van der Waals surface area contributed by atoms with Crippen LogP contribution in [0, 0.1) is 11.8 Å². The summed E-state index contributed by atoms with van der Waals surface area (Å²) >= 11 is 0. The van der Waals surface area contributed by atoms with Gasteiger partial charge in [-0.3, -0.25) is 18.8 Å². The van der Waals surface area contributed by atoms with Crippen molar-refractivity contribution >= 4 is 23.1 Å². The second-order valence-electron chi connectivity index (χ2n) is 10.6. The normalized spacial score (nSPS) is 15.5. The lowest BCUT2D eigenvalue weighted by Crippen LogP contribution is -2.44. The maximum Gasteiger partial charge on any atom is 0.332 e. The highest BCUT2D eigenvalue weighted by molar-refractivity contribution is 5.89. The first kappa shape index (κ1) is 34.5. The fraction of sp³-hybridized carbons (Fsp3) is 0.621. The third-order valence-electron chi connectivity index (χ3n) is 6.82. The lowest BCUT2D eigenvalue weighted by Gasteiger charge is -2.30. The maximum atomic E-state index is 13.2. The van der Waals surface area contributed by atoms with E-state index in [0.29, 0.717) is 68.8 Å². The van der Waals surface area contributed by atoms with Crippen LogP contribution in [0.15, 0.2) is 28.1 Å². The second kappa shape index (κ2) is 16.6. The summed E-state index contributed by atoms with van der Waals surface area (Å²) < 4.78 is 4.79. The Kier molecular flexibility index (Phi) is 13.7. The Labute approximate surface area is 245 Å². The number of nitrogens with zero attached hydrogens (tertiary/aromatic N) is 6. The molecular formula is C29H44N6O7. The first-order chi connectivity index (χ1) is 19.9. The fourth-order valence-corrected chi connectivity index (χ4v) is 4.56. The number of rotatable bonds is 12. The van der Waals surface area contributed by atoms with Crippen molar-refractivity contribution in [2.24, 2.45) is 0 Å². The van der Waals surface area contributed by atoms with Crippen molar-refractivity contribution in [1.82, 2.24) is 28.5 Å². The molecule has 3 N–H and O–H groups in total. The smallest absolute Gasteiger partial charge is 0.332 e. The largest absolute Gasteiger partial charge is 0.478 e. The number of aliphatic carboxylic acids is 2. The van der Waals surface area contributed by atoms with Gasteiger partial charge in [0.15, 0.2) is 11.2 Å². The van der Waals surface area contributed by atoms with E-state index in [2.05, 4.69) is 33.7 Å². The van der Waals surface area contributed by atoms with Gasteiger partial charge >= 0.3 is 17.6 Å². The van der Waals surface area contributed by atoms with Gasteiger partial charge in [0.2, 0.25) is 0 Å². The number of unbranched alkanes of at least 4 members (excludes halogenated alkanes) is 1. The fourth-order valence-electron chi connectivity index (χ4n) is 4.56. The molecule has 13 heteroatoms. The van der Waals surface area contributed by atoms with Crippen molar-refractivity contribution in [2.45, 2.75) is 78.1 Å². The number of piperazine rings is 1. The van der Waals surface area contributed by atoms with Crippen molar-refractivity contribution < 1.29 is 24.9 Å². The Hall–Kier alpha value is -3.73. The molecule has 13 nitrogen and oxygen atoms in total. The molecular weight excluding hydrogens is 544 g/mol. The average Bonchev–Trinajstić information content (AvgIpc) is 3.34. The van der Waals surface area contributed by atoms with Gasteiger partial charge in [-0.15, -0.1) is 0 Å². The van der Waals surface area contributed by atoms with E-state index in [1.54, 1.807) is 17.8 Å². The number of aliphatic hydroxyl groups is 1. The van der Waals surface area contributed by atoms with Gasteiger partial charge in [0.05, 0.1) is 12.9 Å². The quantitative estimate of drug-likeness (QED) is 0.186. The minimum absolute atomic E-state index is 0.281. The minimum atomic E-state index is -1.26. The van der Waals surface area contributed by atoms with Crippen LogP contribution < -0.4 is 11.2 Å². The Morgan fingerprint density at radius 3 is 2.17 bits per heavy atom. The Balaban J connectivity index is 0.000000675. The monoisotopic (exact) mass is 588 g/mol. The highest BCUT2D eigenvalue weighted by atomic mass is 16.4. The summed E-state index contributed by atoms with van der Waals surface area (Å²) in [6.07, 6.45) is 6.21. The standard InChI is InChI=1S/C25H40N6O3.C4H4O4/c1-5-12-29-20-26-22-21(29)23(32)31(24(33)30(22)13-6-2)15-8-7-10-25(3,34)11-9-14-28-18-16-27(4)17-19-28;5-3(6)1-2-4(7)8/h20,34H,5-8,10,12-19H2,1-4H3;1-2H,(H,5,6)(H,7,8). The number of imidazole rings is 1. The summed E-state index contributed by atoms with van der Waals surface area (Å²) in [5, 5.41) is 26.3. The zero-order chi connectivity index (χ0) is 31.3.